The molecule has 19 heavy (non-hydrogen) atoms. The second kappa shape index (κ2) is 4.58. The van der Waals surface area contributed by atoms with Gasteiger partial charge in [0.2, 0.25) is 5.43 Å². The Bertz CT molecular complexity index is 798. The van der Waals surface area contributed by atoms with Gasteiger partial charge in [0.15, 0.2) is 0 Å². The fourth-order valence-corrected chi connectivity index (χ4v) is 2.15. The molecular weight excluding hydrogens is 236 g/mol. The Morgan fingerprint density at radius 2 is 1.63 bits per heavy atom. The van der Waals surface area contributed by atoms with Crippen molar-refractivity contribution in [1.29, 1.82) is 0 Å². The summed E-state index contributed by atoms with van der Waals surface area (Å²) in [7, 11) is 0. The Morgan fingerprint density at radius 1 is 0.947 bits per heavy atom. The number of fused-ring (bicyclic) bond motifs is 1. The lowest BCUT2D eigenvalue weighted by atomic mass is 10.0. The zero-order chi connectivity index (χ0) is 13.2. The zero-order valence-electron chi connectivity index (χ0n) is 10.3. The SMILES string of the molecule is C=Cc1c(-c2ccccc2)oc2ccccc2c1=O. The number of para-hydroxylation sites is 1. The fraction of sp³-hybridized carbons (Fsp3) is 0. The van der Waals surface area contributed by atoms with Crippen LogP contribution in [0.2, 0.25) is 0 Å². The van der Waals surface area contributed by atoms with E-state index in [1.807, 2.05) is 42.5 Å². The maximum absolute atomic E-state index is 12.4. The zero-order valence-corrected chi connectivity index (χ0v) is 10.3. The van der Waals surface area contributed by atoms with E-state index in [-0.39, 0.29) is 5.43 Å². The van der Waals surface area contributed by atoms with Crippen molar-refractivity contribution in [2.75, 3.05) is 0 Å². The molecule has 0 saturated heterocycles. The summed E-state index contributed by atoms with van der Waals surface area (Å²) < 4.78 is 5.88. The van der Waals surface area contributed by atoms with E-state index in [1.54, 1.807) is 18.2 Å². The van der Waals surface area contributed by atoms with E-state index >= 15 is 0 Å². The van der Waals surface area contributed by atoms with Gasteiger partial charge in [0.25, 0.3) is 0 Å². The molecule has 0 unspecified atom stereocenters. The second-order valence-electron chi connectivity index (χ2n) is 4.24. The summed E-state index contributed by atoms with van der Waals surface area (Å²) >= 11 is 0. The summed E-state index contributed by atoms with van der Waals surface area (Å²) in [5, 5.41) is 0.581. The number of rotatable bonds is 2. The molecule has 0 aliphatic heterocycles. The van der Waals surface area contributed by atoms with E-state index in [1.165, 1.54) is 0 Å². The molecule has 1 heterocycles. The summed E-state index contributed by atoms with van der Waals surface area (Å²) in [4.78, 5) is 12.4. The van der Waals surface area contributed by atoms with Gasteiger partial charge in [-0.2, -0.15) is 0 Å². The van der Waals surface area contributed by atoms with Crippen molar-refractivity contribution in [1.82, 2.24) is 0 Å². The van der Waals surface area contributed by atoms with Crippen LogP contribution in [0.1, 0.15) is 5.56 Å². The van der Waals surface area contributed by atoms with Gasteiger partial charge >= 0.3 is 0 Å². The van der Waals surface area contributed by atoms with Crippen LogP contribution in [-0.2, 0) is 0 Å². The van der Waals surface area contributed by atoms with Gasteiger partial charge < -0.3 is 4.42 Å². The van der Waals surface area contributed by atoms with Gasteiger partial charge in [-0.05, 0) is 12.1 Å². The molecule has 0 aliphatic carbocycles. The van der Waals surface area contributed by atoms with Crippen LogP contribution in [0.25, 0.3) is 28.4 Å². The van der Waals surface area contributed by atoms with Crippen LogP contribution in [0, 0.1) is 0 Å². The van der Waals surface area contributed by atoms with E-state index in [9.17, 15) is 4.79 Å². The van der Waals surface area contributed by atoms with Crippen molar-refractivity contribution >= 4 is 17.0 Å². The largest absolute Gasteiger partial charge is 0.455 e. The first-order valence-electron chi connectivity index (χ1n) is 6.05. The van der Waals surface area contributed by atoms with Crippen molar-refractivity contribution < 1.29 is 4.42 Å². The maximum Gasteiger partial charge on any atom is 0.200 e. The standard InChI is InChI=1S/C17H12O2/c1-2-13-16(18)14-10-6-7-11-15(14)19-17(13)12-8-4-3-5-9-12/h2-11H,1H2. The molecule has 0 radical (unpaired) electrons. The average Bonchev–Trinajstić information content (AvgIpc) is 2.48. The molecule has 3 rings (SSSR count). The molecule has 0 bridgehead atoms. The minimum atomic E-state index is -0.0456. The van der Waals surface area contributed by atoms with Gasteiger partial charge in [0.05, 0.1) is 10.9 Å². The number of hydrogen-bond donors (Lipinski definition) is 0. The topological polar surface area (TPSA) is 30.2 Å². The number of benzene rings is 2. The van der Waals surface area contributed by atoms with Crippen LogP contribution in [-0.4, -0.2) is 0 Å². The molecule has 3 aromatic rings. The van der Waals surface area contributed by atoms with Gasteiger partial charge in [-0.15, -0.1) is 0 Å². The van der Waals surface area contributed by atoms with Crippen LogP contribution in [0.4, 0.5) is 0 Å². The first kappa shape index (κ1) is 11.5. The van der Waals surface area contributed by atoms with Gasteiger partial charge in [-0.25, -0.2) is 0 Å². The first-order chi connectivity index (χ1) is 9.31. The highest BCUT2D eigenvalue weighted by Crippen LogP contribution is 2.26. The summed E-state index contributed by atoms with van der Waals surface area (Å²) in [5.41, 5.74) is 1.93. The molecular formula is C17H12O2. The smallest absolute Gasteiger partial charge is 0.200 e. The minimum Gasteiger partial charge on any atom is -0.455 e. The summed E-state index contributed by atoms with van der Waals surface area (Å²) in [5.74, 6) is 0.569. The third-order valence-corrected chi connectivity index (χ3v) is 3.07. The van der Waals surface area contributed by atoms with Gasteiger partial charge in [0.1, 0.15) is 11.3 Å². The second-order valence-corrected chi connectivity index (χ2v) is 4.24. The molecule has 0 amide bonds. The molecule has 0 saturated carbocycles. The van der Waals surface area contributed by atoms with Crippen molar-refractivity contribution in [3.63, 3.8) is 0 Å². The maximum atomic E-state index is 12.4. The predicted molar refractivity (Wildman–Crippen MR) is 78.0 cm³/mol. The molecule has 2 heteroatoms. The molecule has 2 nitrogen and oxygen atoms in total. The van der Waals surface area contributed by atoms with Crippen molar-refractivity contribution in [2.45, 2.75) is 0 Å². The molecule has 0 atom stereocenters. The Morgan fingerprint density at radius 3 is 2.37 bits per heavy atom. The van der Waals surface area contributed by atoms with E-state index < -0.39 is 0 Å². The monoisotopic (exact) mass is 248 g/mol. The average molecular weight is 248 g/mol. The lowest BCUT2D eigenvalue weighted by Gasteiger charge is -2.07. The minimum absolute atomic E-state index is 0.0456. The van der Waals surface area contributed by atoms with Crippen molar-refractivity contribution in [3.05, 3.63) is 77.0 Å². The Balaban J connectivity index is 2.42. The molecule has 0 N–H and O–H groups in total. The summed E-state index contributed by atoms with van der Waals surface area (Å²) in [6, 6.07) is 16.8. The summed E-state index contributed by atoms with van der Waals surface area (Å²) in [6.07, 6.45) is 1.56. The van der Waals surface area contributed by atoms with E-state index in [0.717, 1.165) is 5.56 Å². The highest BCUT2D eigenvalue weighted by Gasteiger charge is 2.12. The molecule has 92 valence electrons. The molecule has 0 spiro atoms. The Hall–Kier alpha value is -2.61. The van der Waals surface area contributed by atoms with E-state index in [0.29, 0.717) is 22.3 Å². The fourth-order valence-electron chi connectivity index (χ4n) is 2.15. The Labute approximate surface area is 110 Å². The number of hydrogen-bond acceptors (Lipinski definition) is 2. The molecule has 0 fully saturated rings. The van der Waals surface area contributed by atoms with Gasteiger partial charge in [-0.1, -0.05) is 55.1 Å². The van der Waals surface area contributed by atoms with Crippen LogP contribution in [0.3, 0.4) is 0 Å². The lowest BCUT2D eigenvalue weighted by Crippen LogP contribution is -2.07. The normalized spacial score (nSPS) is 10.5. The molecule has 1 aromatic heterocycles. The van der Waals surface area contributed by atoms with Gasteiger partial charge in [0, 0.05) is 5.56 Å². The first-order valence-corrected chi connectivity index (χ1v) is 6.05. The summed E-state index contributed by atoms with van der Waals surface area (Å²) in [6.45, 7) is 3.72. The van der Waals surface area contributed by atoms with Crippen molar-refractivity contribution in [2.24, 2.45) is 0 Å². The quantitative estimate of drug-likeness (QED) is 0.683. The Kier molecular flexibility index (Phi) is 2.76. The van der Waals surface area contributed by atoms with E-state index in [4.69, 9.17) is 4.42 Å². The van der Waals surface area contributed by atoms with Gasteiger partial charge in [-0.3, -0.25) is 4.79 Å². The molecule has 2 aromatic carbocycles. The van der Waals surface area contributed by atoms with E-state index in [2.05, 4.69) is 6.58 Å². The third kappa shape index (κ3) is 1.87. The van der Waals surface area contributed by atoms with Crippen LogP contribution in [0.15, 0.2) is 70.4 Å². The van der Waals surface area contributed by atoms with Crippen LogP contribution >= 0.6 is 0 Å². The highest BCUT2D eigenvalue weighted by molar-refractivity contribution is 5.83. The van der Waals surface area contributed by atoms with Crippen LogP contribution in [0.5, 0.6) is 0 Å². The molecule has 0 aliphatic rings. The van der Waals surface area contributed by atoms with Crippen LogP contribution < -0.4 is 5.43 Å². The predicted octanol–water partition coefficient (Wildman–Crippen LogP) is 4.10. The third-order valence-electron chi connectivity index (χ3n) is 3.07. The lowest BCUT2D eigenvalue weighted by molar-refractivity contribution is 0.617. The van der Waals surface area contributed by atoms with Crippen molar-refractivity contribution in [3.8, 4) is 11.3 Å². The highest BCUT2D eigenvalue weighted by atomic mass is 16.3.